The number of halogens is 4. The van der Waals surface area contributed by atoms with Crippen molar-refractivity contribution in [1.29, 1.82) is 0 Å². The monoisotopic (exact) mass is 698 g/mol. The lowest BCUT2D eigenvalue weighted by molar-refractivity contribution is -0.140. The summed E-state index contributed by atoms with van der Waals surface area (Å²) in [7, 11) is 4.78. The summed E-state index contributed by atoms with van der Waals surface area (Å²) in [5.41, 5.74) is 7.40. The third kappa shape index (κ3) is 7.36. The molecule has 0 radical (unpaired) electrons. The highest BCUT2D eigenvalue weighted by Crippen LogP contribution is 2.43. The van der Waals surface area contributed by atoms with E-state index in [9.17, 15) is 22.4 Å². The predicted octanol–water partition coefficient (Wildman–Crippen LogP) is 4.77. The van der Waals surface area contributed by atoms with Gasteiger partial charge in [0.25, 0.3) is 5.91 Å². The number of ether oxygens (including phenoxy) is 2. The number of amides is 1. The summed E-state index contributed by atoms with van der Waals surface area (Å²) >= 11 is 0. The van der Waals surface area contributed by atoms with Crippen molar-refractivity contribution in [3.8, 4) is 17.9 Å². The molecule has 2 fully saturated rings. The Morgan fingerprint density at radius 1 is 1.14 bits per heavy atom. The second-order valence-electron chi connectivity index (χ2n) is 13.2. The number of methoxy groups -OCH3 is 1. The van der Waals surface area contributed by atoms with Crippen LogP contribution in [0.4, 0.5) is 29.1 Å². The summed E-state index contributed by atoms with van der Waals surface area (Å²) in [5.74, 6) is 5.45. The van der Waals surface area contributed by atoms with Crippen LogP contribution < -0.4 is 15.4 Å². The van der Waals surface area contributed by atoms with Crippen LogP contribution in [0.3, 0.4) is 0 Å². The smallest absolute Gasteiger partial charge is 0.417 e. The first-order chi connectivity index (χ1) is 23.9. The fourth-order valence-electron chi connectivity index (χ4n) is 7.28. The van der Waals surface area contributed by atoms with Crippen molar-refractivity contribution in [2.75, 3.05) is 51.5 Å². The van der Waals surface area contributed by atoms with Crippen LogP contribution >= 0.6 is 0 Å². The van der Waals surface area contributed by atoms with E-state index >= 15 is 0 Å². The van der Waals surface area contributed by atoms with Crippen molar-refractivity contribution in [3.63, 3.8) is 0 Å². The van der Waals surface area contributed by atoms with Gasteiger partial charge in [0.05, 0.1) is 43.3 Å². The van der Waals surface area contributed by atoms with Crippen LogP contribution in [-0.4, -0.2) is 88.5 Å². The number of aryl methyl sites for hydroxylation is 1. The SMILES string of the molecule is CC#Cc1cc(N)cc(C2Cc3nc(OC)nc(N4CCCn5nc(C(=O)N(C)C)cc5C4)c3CO2)c1C(F)(F)F.FC1CC2CCCN2C1. The summed E-state index contributed by atoms with van der Waals surface area (Å²) in [4.78, 5) is 27.4. The van der Waals surface area contributed by atoms with E-state index in [0.29, 0.717) is 55.0 Å². The average Bonchev–Trinajstić information content (AvgIpc) is 3.74. The Hall–Kier alpha value is -4.42. The number of alkyl halides is 4. The summed E-state index contributed by atoms with van der Waals surface area (Å²) in [6.07, 6.45) is -2.03. The highest BCUT2D eigenvalue weighted by molar-refractivity contribution is 5.92. The molecule has 0 bridgehead atoms. The first kappa shape index (κ1) is 35.4. The summed E-state index contributed by atoms with van der Waals surface area (Å²) in [6, 6.07) is 5.00. The zero-order chi connectivity index (χ0) is 35.7. The van der Waals surface area contributed by atoms with Gasteiger partial charge < -0.3 is 25.0 Å². The Kier molecular flexibility index (Phi) is 10.2. The molecule has 3 atom stereocenters. The lowest BCUT2D eigenvalue weighted by atomic mass is 9.91. The highest BCUT2D eigenvalue weighted by atomic mass is 19.4. The number of fused-ring (bicyclic) bond motifs is 3. The van der Waals surface area contributed by atoms with Crippen LogP contribution in [0.2, 0.25) is 0 Å². The average molecular weight is 699 g/mol. The van der Waals surface area contributed by atoms with Crippen LogP contribution in [0.15, 0.2) is 18.2 Å². The van der Waals surface area contributed by atoms with E-state index in [1.165, 1.54) is 43.9 Å². The van der Waals surface area contributed by atoms with E-state index in [2.05, 4.69) is 31.8 Å². The third-order valence-electron chi connectivity index (χ3n) is 9.52. The molecule has 4 aliphatic heterocycles. The summed E-state index contributed by atoms with van der Waals surface area (Å²) < 4.78 is 68.6. The zero-order valence-electron chi connectivity index (χ0n) is 28.7. The maximum atomic E-state index is 14.2. The number of hydrogen-bond acceptors (Lipinski definition) is 9. The largest absolute Gasteiger partial charge is 0.467 e. The molecule has 1 amide bonds. The third-order valence-corrected chi connectivity index (χ3v) is 9.52. The molecule has 7 rings (SSSR count). The fraction of sp³-hybridized carbons (Fsp3) is 0.543. The Balaban J connectivity index is 0.000000412. The van der Waals surface area contributed by atoms with Crippen LogP contribution in [0.25, 0.3) is 0 Å². The molecule has 6 heterocycles. The summed E-state index contributed by atoms with van der Waals surface area (Å²) in [5, 5.41) is 4.49. The number of anilines is 2. The van der Waals surface area contributed by atoms with Crippen LogP contribution in [0.1, 0.15) is 82.8 Å². The molecule has 0 aliphatic carbocycles. The number of hydrogen-bond donors (Lipinski definition) is 1. The lowest BCUT2D eigenvalue weighted by Crippen LogP contribution is -2.29. The van der Waals surface area contributed by atoms with Crippen LogP contribution in [-0.2, 0) is 37.0 Å². The standard InChI is InChI=1S/C28H30F3N7O3.C7H12FN/c1-5-7-16-10-17(32)11-19(24(16)28(29,30)31)23-13-21-20(15-41-23)25(34-27(33-21)40-4)37-8-6-9-38-18(14-37)12-22(35-38)26(39)36(2)3;8-6-4-7-2-1-3-9(7)5-6/h10-12,23H,6,8-9,13-15,32H2,1-4H3;6-7H,1-5H2. The Morgan fingerprint density at radius 3 is 2.64 bits per heavy atom. The Morgan fingerprint density at radius 2 is 1.94 bits per heavy atom. The van der Waals surface area contributed by atoms with Gasteiger partial charge in [-0.05, 0) is 62.9 Å². The van der Waals surface area contributed by atoms with Crippen molar-refractivity contribution < 1.29 is 31.8 Å². The van der Waals surface area contributed by atoms with Gasteiger partial charge in [-0.1, -0.05) is 5.92 Å². The second kappa shape index (κ2) is 14.4. The molecule has 3 unspecified atom stereocenters. The number of rotatable bonds is 4. The normalized spacial score (nSPS) is 21.5. The molecule has 2 saturated heterocycles. The molecule has 15 heteroatoms. The number of carbonyl (C=O) groups excluding carboxylic acids is 1. The number of nitrogen functional groups attached to an aromatic ring is 1. The maximum Gasteiger partial charge on any atom is 0.417 e. The van der Waals surface area contributed by atoms with Gasteiger partial charge >= 0.3 is 12.2 Å². The molecule has 2 aromatic heterocycles. The Labute approximate surface area is 288 Å². The minimum absolute atomic E-state index is 0.0136. The van der Waals surface area contributed by atoms with E-state index in [1.807, 2.05) is 9.58 Å². The van der Waals surface area contributed by atoms with E-state index < -0.39 is 24.0 Å². The van der Waals surface area contributed by atoms with E-state index in [0.717, 1.165) is 25.1 Å². The topological polar surface area (TPSA) is 115 Å². The van der Waals surface area contributed by atoms with Gasteiger partial charge in [0.15, 0.2) is 5.69 Å². The first-order valence-electron chi connectivity index (χ1n) is 16.8. The van der Waals surface area contributed by atoms with Crippen molar-refractivity contribution in [3.05, 3.63) is 57.5 Å². The molecule has 1 aromatic carbocycles. The highest BCUT2D eigenvalue weighted by Gasteiger charge is 2.40. The number of nitrogens with two attached hydrogens (primary N) is 1. The van der Waals surface area contributed by atoms with Gasteiger partial charge in [0.2, 0.25) is 0 Å². The lowest BCUT2D eigenvalue weighted by Gasteiger charge is -2.31. The molecular weight excluding hydrogens is 656 g/mol. The quantitative estimate of drug-likeness (QED) is 0.234. The van der Waals surface area contributed by atoms with Crippen molar-refractivity contribution in [2.45, 2.75) is 83.2 Å². The molecule has 0 spiro atoms. The number of carbonyl (C=O) groups is 1. The second-order valence-corrected chi connectivity index (χ2v) is 13.2. The summed E-state index contributed by atoms with van der Waals surface area (Å²) in [6.45, 7) is 4.97. The molecule has 50 heavy (non-hydrogen) atoms. The van der Waals surface area contributed by atoms with E-state index in [1.54, 1.807) is 20.2 Å². The molecule has 2 N–H and O–H groups in total. The first-order valence-corrected chi connectivity index (χ1v) is 16.8. The van der Waals surface area contributed by atoms with Crippen molar-refractivity contribution in [1.82, 2.24) is 29.5 Å². The predicted molar refractivity (Wildman–Crippen MR) is 178 cm³/mol. The Bertz CT molecular complexity index is 1790. The molecular formula is C35H42F4N8O3. The molecule has 4 aliphatic rings. The minimum atomic E-state index is -4.66. The fourth-order valence-corrected chi connectivity index (χ4v) is 7.28. The number of nitrogens with zero attached hydrogens (tertiary/aromatic N) is 7. The number of aromatic nitrogens is 4. The van der Waals surface area contributed by atoms with Crippen molar-refractivity contribution >= 4 is 17.4 Å². The van der Waals surface area contributed by atoms with Gasteiger partial charge in [0.1, 0.15) is 12.0 Å². The van der Waals surface area contributed by atoms with E-state index in [-0.39, 0.29) is 41.8 Å². The van der Waals surface area contributed by atoms with Gasteiger partial charge in [-0.25, -0.2) is 4.39 Å². The molecule has 11 nitrogen and oxygen atoms in total. The van der Waals surface area contributed by atoms with Gasteiger partial charge in [-0.3, -0.25) is 14.4 Å². The maximum absolute atomic E-state index is 14.2. The van der Waals surface area contributed by atoms with Crippen LogP contribution in [0, 0.1) is 11.8 Å². The number of benzene rings is 1. The molecule has 268 valence electrons. The van der Waals surface area contributed by atoms with Crippen LogP contribution in [0.5, 0.6) is 6.01 Å². The molecule has 0 saturated carbocycles. The van der Waals surface area contributed by atoms with Crippen molar-refractivity contribution in [2.24, 2.45) is 0 Å². The molecule has 3 aromatic rings. The van der Waals surface area contributed by atoms with Gasteiger partial charge in [-0.15, -0.1) is 5.92 Å². The minimum Gasteiger partial charge on any atom is -0.467 e. The zero-order valence-corrected chi connectivity index (χ0v) is 28.7. The van der Waals surface area contributed by atoms with Gasteiger partial charge in [-0.2, -0.15) is 28.2 Å². The van der Waals surface area contributed by atoms with Gasteiger partial charge in [0, 0.05) is 63.0 Å². The van der Waals surface area contributed by atoms with E-state index in [4.69, 9.17) is 15.2 Å².